The van der Waals surface area contributed by atoms with Crippen LogP contribution in [0.25, 0.3) is 11.0 Å². The highest BCUT2D eigenvalue weighted by Crippen LogP contribution is 2.22. The Balaban J connectivity index is 2.18. The number of ether oxygens (including phenoxy) is 1. The summed E-state index contributed by atoms with van der Waals surface area (Å²) >= 11 is 5.84. The number of fused-ring (bicyclic) bond motifs is 1. The van der Waals surface area contributed by atoms with Gasteiger partial charge in [-0.15, -0.1) is 4.40 Å². The number of hydrogen-bond donors (Lipinski definition) is 0. The average molecular weight is 406 g/mol. The summed E-state index contributed by atoms with van der Waals surface area (Å²) in [5, 5.41) is 1.30. The van der Waals surface area contributed by atoms with E-state index in [1.54, 1.807) is 19.2 Å². The molecule has 0 radical (unpaired) electrons. The van der Waals surface area contributed by atoms with Crippen LogP contribution >= 0.6 is 11.6 Å². The van der Waals surface area contributed by atoms with Gasteiger partial charge in [0.15, 0.2) is 0 Å². The molecule has 0 saturated carbocycles. The molecular weight excluding hydrogens is 386 g/mol. The molecule has 3 rings (SSSR count). The standard InChI is InChI=1S/C20H20ClNO4S/c1-3-4-5-14-12-15-13-17(25-2)8-11-19(15)26-20(14)22-27(23,24)18-9-6-16(21)7-10-18/h6-13H,3-5H2,1-2H3/b22-20+. The summed E-state index contributed by atoms with van der Waals surface area (Å²) in [6.07, 6.45) is 2.54. The summed E-state index contributed by atoms with van der Waals surface area (Å²) in [4.78, 5) is 0.0679. The van der Waals surface area contributed by atoms with Gasteiger partial charge in [-0.25, -0.2) is 0 Å². The van der Waals surface area contributed by atoms with Gasteiger partial charge in [0.05, 0.1) is 12.0 Å². The lowest BCUT2D eigenvalue weighted by Crippen LogP contribution is -2.13. The minimum atomic E-state index is -3.91. The zero-order chi connectivity index (χ0) is 19.4. The number of benzene rings is 2. The molecule has 0 aliphatic rings. The van der Waals surface area contributed by atoms with E-state index >= 15 is 0 Å². The van der Waals surface area contributed by atoms with Crippen LogP contribution in [0.5, 0.6) is 5.75 Å². The van der Waals surface area contributed by atoms with Gasteiger partial charge in [-0.1, -0.05) is 24.9 Å². The maximum absolute atomic E-state index is 12.7. The van der Waals surface area contributed by atoms with Crippen molar-refractivity contribution in [2.45, 2.75) is 31.1 Å². The smallest absolute Gasteiger partial charge is 0.285 e. The molecule has 2 aromatic carbocycles. The highest BCUT2D eigenvalue weighted by atomic mass is 35.5. The molecule has 0 atom stereocenters. The minimum absolute atomic E-state index is 0.0679. The fraction of sp³-hybridized carbons (Fsp3) is 0.250. The van der Waals surface area contributed by atoms with Gasteiger partial charge in [0.1, 0.15) is 11.3 Å². The molecule has 7 heteroatoms. The molecule has 0 aliphatic heterocycles. The lowest BCUT2D eigenvalue weighted by Gasteiger charge is -2.06. The van der Waals surface area contributed by atoms with Crippen LogP contribution in [0.2, 0.25) is 5.02 Å². The second-order valence-corrected chi connectivity index (χ2v) is 8.14. The van der Waals surface area contributed by atoms with Crippen molar-refractivity contribution in [1.29, 1.82) is 0 Å². The van der Waals surface area contributed by atoms with E-state index in [4.69, 9.17) is 20.8 Å². The Morgan fingerprint density at radius 3 is 2.52 bits per heavy atom. The van der Waals surface area contributed by atoms with E-state index in [9.17, 15) is 8.42 Å². The average Bonchev–Trinajstić information content (AvgIpc) is 2.66. The van der Waals surface area contributed by atoms with Gasteiger partial charge >= 0.3 is 0 Å². The fourth-order valence-corrected chi connectivity index (χ4v) is 3.75. The first-order valence-corrected chi connectivity index (χ1v) is 10.4. The zero-order valence-corrected chi connectivity index (χ0v) is 16.7. The lowest BCUT2D eigenvalue weighted by atomic mass is 10.1. The van der Waals surface area contributed by atoms with Crippen LogP contribution in [0.3, 0.4) is 0 Å². The highest BCUT2D eigenvalue weighted by Gasteiger charge is 2.14. The monoisotopic (exact) mass is 405 g/mol. The Hall–Kier alpha value is -2.31. The Labute approximate surface area is 163 Å². The van der Waals surface area contributed by atoms with E-state index in [-0.39, 0.29) is 10.4 Å². The van der Waals surface area contributed by atoms with Gasteiger partial charge in [-0.2, -0.15) is 8.42 Å². The molecule has 142 valence electrons. The highest BCUT2D eigenvalue weighted by molar-refractivity contribution is 7.90. The Bertz CT molecular complexity index is 1120. The number of halogens is 1. The van der Waals surface area contributed by atoms with E-state index in [2.05, 4.69) is 11.3 Å². The molecule has 27 heavy (non-hydrogen) atoms. The van der Waals surface area contributed by atoms with Crippen LogP contribution in [-0.4, -0.2) is 15.5 Å². The molecular formula is C20H20ClNO4S. The molecule has 1 aromatic heterocycles. The van der Waals surface area contributed by atoms with Gasteiger partial charge in [-0.05, 0) is 61.4 Å². The number of sulfonamides is 1. The number of methoxy groups -OCH3 is 1. The topological polar surface area (TPSA) is 68.9 Å². The van der Waals surface area contributed by atoms with Crippen molar-refractivity contribution in [2.75, 3.05) is 7.11 Å². The van der Waals surface area contributed by atoms with Crippen molar-refractivity contribution in [1.82, 2.24) is 0 Å². The number of nitrogens with zero attached hydrogens (tertiary/aromatic N) is 1. The van der Waals surface area contributed by atoms with Gasteiger partial charge < -0.3 is 9.15 Å². The van der Waals surface area contributed by atoms with Crippen molar-refractivity contribution in [3.63, 3.8) is 0 Å². The van der Waals surface area contributed by atoms with E-state index in [0.29, 0.717) is 22.8 Å². The van der Waals surface area contributed by atoms with Gasteiger partial charge in [0.25, 0.3) is 10.0 Å². The molecule has 0 aliphatic carbocycles. The third kappa shape index (κ3) is 4.51. The normalized spacial score (nSPS) is 12.5. The quantitative estimate of drug-likeness (QED) is 0.594. The summed E-state index contributed by atoms with van der Waals surface area (Å²) < 4.78 is 40.4. The summed E-state index contributed by atoms with van der Waals surface area (Å²) in [7, 11) is -2.32. The molecule has 0 N–H and O–H groups in total. The Morgan fingerprint density at radius 2 is 1.85 bits per heavy atom. The maximum Gasteiger partial charge on any atom is 0.285 e. The summed E-state index contributed by atoms with van der Waals surface area (Å²) in [5.41, 5.74) is 1.40. The van der Waals surface area contributed by atoms with Crippen LogP contribution in [0, 0.1) is 0 Å². The summed E-state index contributed by atoms with van der Waals surface area (Å²) in [5.74, 6) is 0.706. The second kappa shape index (κ2) is 8.15. The third-order valence-electron chi connectivity index (χ3n) is 4.14. The van der Waals surface area contributed by atoms with Crippen molar-refractivity contribution in [3.05, 3.63) is 64.7 Å². The van der Waals surface area contributed by atoms with Crippen LogP contribution in [0.1, 0.15) is 25.3 Å². The maximum atomic E-state index is 12.7. The molecule has 0 amide bonds. The lowest BCUT2D eigenvalue weighted by molar-refractivity contribution is 0.415. The van der Waals surface area contributed by atoms with Crippen molar-refractivity contribution < 1.29 is 17.6 Å². The molecule has 5 nitrogen and oxygen atoms in total. The molecule has 0 spiro atoms. The van der Waals surface area contributed by atoms with Gasteiger partial charge in [0.2, 0.25) is 5.55 Å². The van der Waals surface area contributed by atoms with Crippen molar-refractivity contribution >= 4 is 32.6 Å². The SMILES string of the molecule is CCCCc1cc2cc(OC)ccc2o/c1=N/S(=O)(=O)c1ccc(Cl)cc1. The van der Waals surface area contributed by atoms with Gasteiger partial charge in [0, 0.05) is 16.0 Å². The largest absolute Gasteiger partial charge is 0.497 e. The predicted molar refractivity (Wildman–Crippen MR) is 106 cm³/mol. The third-order valence-corrected chi connectivity index (χ3v) is 5.67. The first kappa shape index (κ1) is 19.5. The molecule has 0 bridgehead atoms. The van der Waals surface area contributed by atoms with E-state index in [1.807, 2.05) is 12.1 Å². The van der Waals surface area contributed by atoms with Crippen LogP contribution in [0.4, 0.5) is 0 Å². The molecule has 0 fully saturated rings. The Kier molecular flexibility index (Phi) is 5.87. The summed E-state index contributed by atoms with van der Waals surface area (Å²) in [6.45, 7) is 2.07. The first-order valence-electron chi connectivity index (χ1n) is 8.60. The minimum Gasteiger partial charge on any atom is -0.497 e. The van der Waals surface area contributed by atoms with Gasteiger partial charge in [-0.3, -0.25) is 0 Å². The van der Waals surface area contributed by atoms with E-state index in [0.717, 1.165) is 23.8 Å². The number of unbranched alkanes of at least 4 members (excludes halogenated alkanes) is 1. The number of rotatable bonds is 6. The van der Waals surface area contributed by atoms with E-state index < -0.39 is 10.0 Å². The fourth-order valence-electron chi connectivity index (χ4n) is 2.67. The van der Waals surface area contributed by atoms with E-state index in [1.165, 1.54) is 24.3 Å². The Morgan fingerprint density at radius 1 is 1.11 bits per heavy atom. The van der Waals surface area contributed by atoms with Crippen molar-refractivity contribution in [2.24, 2.45) is 4.40 Å². The molecule has 0 unspecified atom stereocenters. The second-order valence-electron chi connectivity index (χ2n) is 6.10. The molecule has 1 heterocycles. The van der Waals surface area contributed by atoms with Crippen molar-refractivity contribution in [3.8, 4) is 5.75 Å². The number of aryl methyl sites for hydroxylation is 1. The van der Waals surface area contributed by atoms with Crippen LogP contribution in [-0.2, 0) is 16.4 Å². The van der Waals surface area contributed by atoms with Crippen LogP contribution in [0.15, 0.2) is 62.2 Å². The predicted octanol–water partition coefficient (Wildman–Crippen LogP) is 4.73. The first-order chi connectivity index (χ1) is 12.9. The number of hydrogen-bond acceptors (Lipinski definition) is 4. The molecule has 3 aromatic rings. The summed E-state index contributed by atoms with van der Waals surface area (Å²) in [6, 6.07) is 13.2. The molecule has 0 saturated heterocycles. The van der Waals surface area contributed by atoms with Crippen LogP contribution < -0.4 is 10.3 Å². The zero-order valence-electron chi connectivity index (χ0n) is 15.1.